The molecule has 2 aromatic heterocycles. The van der Waals surface area contributed by atoms with E-state index >= 15 is 0 Å². The Bertz CT molecular complexity index is 525. The van der Waals surface area contributed by atoms with Gasteiger partial charge in [0.15, 0.2) is 0 Å². The van der Waals surface area contributed by atoms with E-state index in [1.807, 2.05) is 25.1 Å². The summed E-state index contributed by atoms with van der Waals surface area (Å²) >= 11 is 1.61. The summed E-state index contributed by atoms with van der Waals surface area (Å²) in [6, 6.07) is 6.22. The molecule has 0 aliphatic rings. The fraction of sp³-hybridized carbons (Fsp3) is 0.467. The zero-order valence-corrected chi connectivity index (χ0v) is 13.0. The quantitative estimate of drug-likeness (QED) is 0.889. The Balaban J connectivity index is 2.08. The first-order valence-electron chi connectivity index (χ1n) is 6.84. The van der Waals surface area contributed by atoms with Crippen LogP contribution < -0.4 is 0 Å². The predicted molar refractivity (Wildman–Crippen MR) is 82.6 cm³/mol. The standard InChI is InChI=1S/C15H21N3OS/c1-11(2)18(8-12(3)19)9-13-10-20-15(17-13)14-6-4-5-7-16-14/h4-7,10-12,19H,8-9H2,1-3H3. The van der Waals surface area contributed by atoms with Crippen LogP contribution >= 0.6 is 11.3 Å². The van der Waals surface area contributed by atoms with Crippen LogP contribution in [0.2, 0.25) is 0 Å². The van der Waals surface area contributed by atoms with Crippen LogP contribution in [0.25, 0.3) is 10.7 Å². The molecule has 0 aliphatic heterocycles. The summed E-state index contributed by atoms with van der Waals surface area (Å²) in [5.74, 6) is 0. The molecule has 0 radical (unpaired) electrons. The number of rotatable bonds is 6. The maximum absolute atomic E-state index is 9.56. The number of thiazole rings is 1. The molecule has 0 saturated heterocycles. The molecule has 5 heteroatoms. The lowest BCUT2D eigenvalue weighted by atomic mass is 10.2. The molecule has 2 heterocycles. The van der Waals surface area contributed by atoms with E-state index in [0.717, 1.165) is 22.9 Å². The maximum atomic E-state index is 9.56. The van der Waals surface area contributed by atoms with Crippen molar-refractivity contribution in [2.24, 2.45) is 0 Å². The Labute approximate surface area is 124 Å². The van der Waals surface area contributed by atoms with Crippen molar-refractivity contribution in [1.29, 1.82) is 0 Å². The second-order valence-electron chi connectivity index (χ2n) is 5.23. The Morgan fingerprint density at radius 3 is 2.70 bits per heavy atom. The molecule has 1 unspecified atom stereocenters. The van der Waals surface area contributed by atoms with Crippen LogP contribution in [0.5, 0.6) is 0 Å². The van der Waals surface area contributed by atoms with E-state index in [2.05, 4.69) is 34.1 Å². The number of aromatic nitrogens is 2. The maximum Gasteiger partial charge on any atom is 0.142 e. The number of aliphatic hydroxyl groups is 1. The summed E-state index contributed by atoms with van der Waals surface area (Å²) in [6.07, 6.45) is 1.45. The monoisotopic (exact) mass is 291 g/mol. The number of hydrogen-bond donors (Lipinski definition) is 1. The molecule has 108 valence electrons. The van der Waals surface area contributed by atoms with Gasteiger partial charge >= 0.3 is 0 Å². The van der Waals surface area contributed by atoms with Gasteiger partial charge < -0.3 is 5.11 Å². The van der Waals surface area contributed by atoms with E-state index in [9.17, 15) is 5.11 Å². The van der Waals surface area contributed by atoms with E-state index in [0.29, 0.717) is 12.6 Å². The molecular formula is C15H21N3OS. The predicted octanol–water partition coefficient (Wildman–Crippen LogP) is 2.80. The normalized spacial score (nSPS) is 13.1. The Morgan fingerprint density at radius 1 is 1.30 bits per heavy atom. The zero-order valence-electron chi connectivity index (χ0n) is 12.2. The molecule has 4 nitrogen and oxygen atoms in total. The van der Waals surface area contributed by atoms with E-state index in [4.69, 9.17) is 0 Å². The molecule has 0 spiro atoms. The van der Waals surface area contributed by atoms with E-state index in [1.54, 1.807) is 17.5 Å². The summed E-state index contributed by atoms with van der Waals surface area (Å²) in [5.41, 5.74) is 1.94. The van der Waals surface area contributed by atoms with Gasteiger partial charge in [-0.05, 0) is 32.9 Å². The van der Waals surface area contributed by atoms with Gasteiger partial charge in [-0.3, -0.25) is 9.88 Å². The molecule has 0 aliphatic carbocycles. The summed E-state index contributed by atoms with van der Waals surface area (Å²) in [5, 5.41) is 12.6. The number of aliphatic hydroxyl groups excluding tert-OH is 1. The lowest BCUT2D eigenvalue weighted by Gasteiger charge is -2.26. The topological polar surface area (TPSA) is 49.2 Å². The number of pyridine rings is 1. The van der Waals surface area contributed by atoms with Gasteiger partial charge in [0.2, 0.25) is 0 Å². The van der Waals surface area contributed by atoms with Gasteiger partial charge in [-0.2, -0.15) is 0 Å². The first-order chi connectivity index (χ1) is 9.56. The lowest BCUT2D eigenvalue weighted by Crippen LogP contribution is -2.36. The molecule has 20 heavy (non-hydrogen) atoms. The average molecular weight is 291 g/mol. The minimum Gasteiger partial charge on any atom is -0.392 e. The molecule has 0 saturated carbocycles. The molecule has 0 amide bonds. The van der Waals surface area contributed by atoms with Crippen LogP contribution in [0.3, 0.4) is 0 Å². The van der Waals surface area contributed by atoms with Crippen LogP contribution in [0.15, 0.2) is 29.8 Å². The van der Waals surface area contributed by atoms with Crippen molar-refractivity contribution in [3.63, 3.8) is 0 Å². The summed E-state index contributed by atoms with van der Waals surface area (Å²) < 4.78 is 0. The molecule has 0 aromatic carbocycles. The third-order valence-corrected chi connectivity index (χ3v) is 3.94. The lowest BCUT2D eigenvalue weighted by molar-refractivity contribution is 0.102. The van der Waals surface area contributed by atoms with Crippen LogP contribution in [0.4, 0.5) is 0 Å². The van der Waals surface area contributed by atoms with Crippen molar-refractivity contribution in [3.05, 3.63) is 35.5 Å². The van der Waals surface area contributed by atoms with E-state index in [1.165, 1.54) is 0 Å². The van der Waals surface area contributed by atoms with Gasteiger partial charge in [-0.15, -0.1) is 11.3 Å². The van der Waals surface area contributed by atoms with Gasteiger partial charge in [0.1, 0.15) is 5.01 Å². The second-order valence-corrected chi connectivity index (χ2v) is 6.09. The van der Waals surface area contributed by atoms with Crippen molar-refractivity contribution in [2.75, 3.05) is 6.54 Å². The van der Waals surface area contributed by atoms with Crippen molar-refractivity contribution < 1.29 is 5.11 Å². The average Bonchev–Trinajstić information content (AvgIpc) is 2.87. The molecule has 1 N–H and O–H groups in total. The third-order valence-electron chi connectivity index (χ3n) is 3.03. The first kappa shape index (κ1) is 15.1. The fourth-order valence-corrected chi connectivity index (χ4v) is 2.78. The highest BCUT2D eigenvalue weighted by Crippen LogP contribution is 2.22. The third kappa shape index (κ3) is 4.10. The van der Waals surface area contributed by atoms with Crippen LogP contribution in [0.1, 0.15) is 26.5 Å². The summed E-state index contributed by atoms with van der Waals surface area (Å²) in [7, 11) is 0. The Hall–Kier alpha value is -1.30. The highest BCUT2D eigenvalue weighted by Gasteiger charge is 2.15. The van der Waals surface area contributed by atoms with Gasteiger partial charge in [-0.1, -0.05) is 6.07 Å². The molecule has 0 bridgehead atoms. The van der Waals surface area contributed by atoms with Crippen molar-refractivity contribution in [2.45, 2.75) is 39.5 Å². The van der Waals surface area contributed by atoms with Crippen LogP contribution in [-0.4, -0.2) is 38.7 Å². The molecule has 2 aromatic rings. The molecular weight excluding hydrogens is 270 g/mol. The second kappa shape index (κ2) is 6.92. The first-order valence-corrected chi connectivity index (χ1v) is 7.72. The molecule has 1 atom stereocenters. The van der Waals surface area contributed by atoms with Gasteiger partial charge in [0.25, 0.3) is 0 Å². The van der Waals surface area contributed by atoms with Gasteiger partial charge in [-0.25, -0.2) is 4.98 Å². The largest absolute Gasteiger partial charge is 0.392 e. The van der Waals surface area contributed by atoms with Gasteiger partial charge in [0, 0.05) is 30.7 Å². The number of hydrogen-bond acceptors (Lipinski definition) is 5. The Kier molecular flexibility index (Phi) is 5.23. The zero-order chi connectivity index (χ0) is 14.5. The summed E-state index contributed by atoms with van der Waals surface area (Å²) in [6.45, 7) is 7.50. The van der Waals surface area contributed by atoms with Crippen LogP contribution in [-0.2, 0) is 6.54 Å². The number of nitrogens with zero attached hydrogens (tertiary/aromatic N) is 3. The SMILES string of the molecule is CC(O)CN(Cc1csc(-c2ccccn2)n1)C(C)C. The smallest absolute Gasteiger partial charge is 0.142 e. The van der Waals surface area contributed by atoms with Gasteiger partial charge in [0.05, 0.1) is 17.5 Å². The van der Waals surface area contributed by atoms with Crippen molar-refractivity contribution in [1.82, 2.24) is 14.9 Å². The van der Waals surface area contributed by atoms with Crippen molar-refractivity contribution >= 4 is 11.3 Å². The minimum atomic E-state index is -0.328. The summed E-state index contributed by atoms with van der Waals surface area (Å²) in [4.78, 5) is 11.2. The molecule has 0 fully saturated rings. The van der Waals surface area contributed by atoms with Crippen molar-refractivity contribution in [3.8, 4) is 10.7 Å². The molecule has 2 rings (SSSR count). The fourth-order valence-electron chi connectivity index (χ4n) is 1.99. The Morgan fingerprint density at radius 2 is 2.10 bits per heavy atom. The van der Waals surface area contributed by atoms with E-state index < -0.39 is 0 Å². The van der Waals surface area contributed by atoms with Crippen LogP contribution in [0, 0.1) is 0 Å². The highest BCUT2D eigenvalue weighted by atomic mass is 32.1. The minimum absolute atomic E-state index is 0.328. The highest BCUT2D eigenvalue weighted by molar-refractivity contribution is 7.13. The van der Waals surface area contributed by atoms with E-state index in [-0.39, 0.29) is 6.10 Å².